The number of carbonyl (C=O) groups excluding carboxylic acids is 1. The number of rotatable bonds is 4. The zero-order valence-electron chi connectivity index (χ0n) is 16.1. The quantitative estimate of drug-likeness (QED) is 0.723. The molecule has 4 rings (SSSR count). The third kappa shape index (κ3) is 4.45. The highest BCUT2D eigenvalue weighted by atomic mass is 32.2. The van der Waals surface area contributed by atoms with E-state index in [-0.39, 0.29) is 10.8 Å². The third-order valence-corrected chi connectivity index (χ3v) is 7.89. The van der Waals surface area contributed by atoms with E-state index in [2.05, 4.69) is 9.88 Å². The van der Waals surface area contributed by atoms with Crippen LogP contribution in [0.2, 0.25) is 0 Å². The van der Waals surface area contributed by atoms with Crippen LogP contribution in [0, 0.1) is 0 Å². The molecule has 2 aliphatic rings. The van der Waals surface area contributed by atoms with E-state index in [0.717, 1.165) is 18.1 Å². The first-order valence-corrected chi connectivity index (χ1v) is 12.0. The molecule has 0 unspecified atom stereocenters. The lowest BCUT2D eigenvalue weighted by Gasteiger charge is -2.26. The summed E-state index contributed by atoms with van der Waals surface area (Å²) in [7, 11) is -3.63. The minimum Gasteiger partial charge on any atom is -0.379 e. The molecule has 0 saturated carbocycles. The highest BCUT2D eigenvalue weighted by molar-refractivity contribution is 7.89. The van der Waals surface area contributed by atoms with Gasteiger partial charge in [0, 0.05) is 56.4 Å². The number of morpholine rings is 1. The van der Waals surface area contributed by atoms with Gasteiger partial charge in [0.25, 0.3) is 5.91 Å². The van der Waals surface area contributed by atoms with E-state index in [4.69, 9.17) is 4.74 Å². The Labute approximate surface area is 174 Å². The number of amides is 1. The Balaban J connectivity index is 1.48. The van der Waals surface area contributed by atoms with Crippen LogP contribution < -0.4 is 4.90 Å². The summed E-state index contributed by atoms with van der Waals surface area (Å²) in [5.41, 5.74) is 0.405. The maximum Gasteiger partial charge on any atom is 0.253 e. The zero-order chi connectivity index (χ0) is 20.3. The summed E-state index contributed by atoms with van der Waals surface area (Å²) in [6, 6.07) is 6.37. The summed E-state index contributed by atoms with van der Waals surface area (Å²) in [6.45, 7) is 4.23. The van der Waals surface area contributed by atoms with Crippen molar-refractivity contribution in [2.24, 2.45) is 0 Å². The van der Waals surface area contributed by atoms with Gasteiger partial charge in [0.2, 0.25) is 10.0 Å². The van der Waals surface area contributed by atoms with E-state index in [9.17, 15) is 13.2 Å². The molecule has 10 heteroatoms. The van der Waals surface area contributed by atoms with Crippen LogP contribution in [0.4, 0.5) is 5.13 Å². The van der Waals surface area contributed by atoms with Crippen molar-refractivity contribution in [2.75, 3.05) is 57.4 Å². The minimum absolute atomic E-state index is 0.134. The number of hydrogen-bond donors (Lipinski definition) is 0. The van der Waals surface area contributed by atoms with Crippen LogP contribution in [0.15, 0.2) is 40.7 Å². The molecule has 156 valence electrons. The van der Waals surface area contributed by atoms with Crippen molar-refractivity contribution in [3.8, 4) is 0 Å². The topological polar surface area (TPSA) is 83.0 Å². The predicted octanol–water partition coefficient (Wildman–Crippen LogP) is 1.52. The number of sulfonamides is 1. The minimum atomic E-state index is -3.63. The maximum absolute atomic E-state index is 13.1. The van der Waals surface area contributed by atoms with Crippen molar-refractivity contribution < 1.29 is 17.9 Å². The first kappa shape index (κ1) is 20.3. The summed E-state index contributed by atoms with van der Waals surface area (Å²) in [5, 5.41) is 2.92. The first-order valence-electron chi connectivity index (χ1n) is 9.67. The fourth-order valence-corrected chi connectivity index (χ4v) is 5.74. The molecule has 1 amide bonds. The maximum atomic E-state index is 13.1. The van der Waals surface area contributed by atoms with Crippen LogP contribution in [-0.2, 0) is 14.8 Å². The molecule has 1 aromatic heterocycles. The molecule has 0 spiro atoms. The van der Waals surface area contributed by atoms with Gasteiger partial charge in [-0.2, -0.15) is 4.31 Å². The first-order chi connectivity index (χ1) is 14.1. The summed E-state index contributed by atoms with van der Waals surface area (Å²) in [4.78, 5) is 21.6. The Morgan fingerprint density at radius 2 is 1.90 bits per heavy atom. The molecule has 2 fully saturated rings. The van der Waals surface area contributed by atoms with Gasteiger partial charge < -0.3 is 14.5 Å². The molecule has 0 atom stereocenters. The summed E-state index contributed by atoms with van der Waals surface area (Å²) in [6.07, 6.45) is 2.63. The molecule has 2 saturated heterocycles. The van der Waals surface area contributed by atoms with Crippen molar-refractivity contribution in [2.45, 2.75) is 11.3 Å². The zero-order valence-corrected chi connectivity index (χ0v) is 17.7. The lowest BCUT2D eigenvalue weighted by molar-refractivity contribution is 0.0730. The van der Waals surface area contributed by atoms with Crippen molar-refractivity contribution in [3.63, 3.8) is 0 Å². The molecule has 2 aliphatic heterocycles. The SMILES string of the molecule is O=C(c1cccc(S(=O)(=O)N2CCOCC2)c1)N1CCCN(c2nccs2)CC1. The number of carbonyl (C=O) groups is 1. The summed E-state index contributed by atoms with van der Waals surface area (Å²) >= 11 is 1.59. The Bertz CT molecular complexity index is 943. The Morgan fingerprint density at radius 3 is 2.66 bits per heavy atom. The van der Waals surface area contributed by atoms with Gasteiger partial charge in [0.05, 0.1) is 18.1 Å². The van der Waals surface area contributed by atoms with E-state index in [1.54, 1.807) is 40.6 Å². The predicted molar refractivity (Wildman–Crippen MR) is 111 cm³/mol. The van der Waals surface area contributed by atoms with Gasteiger partial charge in [-0.3, -0.25) is 4.79 Å². The molecule has 0 aliphatic carbocycles. The standard InChI is InChI=1S/C19H24N4O4S2/c24-18(21-6-2-7-22(9-8-21)19-20-5-14-28-19)16-3-1-4-17(15-16)29(25,26)23-10-12-27-13-11-23/h1,3-5,14-15H,2,6-13H2. The Kier molecular flexibility index (Phi) is 6.14. The molecule has 0 bridgehead atoms. The highest BCUT2D eigenvalue weighted by Gasteiger charge is 2.28. The van der Waals surface area contributed by atoms with Gasteiger partial charge in [-0.1, -0.05) is 6.07 Å². The molecule has 3 heterocycles. The highest BCUT2D eigenvalue weighted by Crippen LogP contribution is 2.22. The van der Waals surface area contributed by atoms with Crippen LogP contribution >= 0.6 is 11.3 Å². The van der Waals surface area contributed by atoms with Crippen LogP contribution in [0.1, 0.15) is 16.8 Å². The van der Waals surface area contributed by atoms with Gasteiger partial charge in [-0.05, 0) is 24.6 Å². The number of hydrogen-bond acceptors (Lipinski definition) is 7. The van der Waals surface area contributed by atoms with E-state index in [1.165, 1.54) is 10.4 Å². The number of thiazole rings is 1. The summed E-state index contributed by atoms with van der Waals surface area (Å²) < 4.78 is 32.5. The molecular formula is C19H24N4O4S2. The van der Waals surface area contributed by atoms with Crippen molar-refractivity contribution in [1.29, 1.82) is 0 Å². The number of ether oxygens (including phenoxy) is 1. The van der Waals surface area contributed by atoms with Gasteiger partial charge in [0.15, 0.2) is 5.13 Å². The second-order valence-corrected chi connectivity index (χ2v) is 9.80. The normalized spacial score (nSPS) is 19.2. The number of aromatic nitrogens is 1. The molecule has 8 nitrogen and oxygen atoms in total. The smallest absolute Gasteiger partial charge is 0.253 e. The monoisotopic (exact) mass is 436 g/mol. The van der Waals surface area contributed by atoms with Crippen LogP contribution in [0.3, 0.4) is 0 Å². The lowest BCUT2D eigenvalue weighted by Crippen LogP contribution is -2.40. The van der Waals surface area contributed by atoms with Crippen LogP contribution in [0.5, 0.6) is 0 Å². The van der Waals surface area contributed by atoms with Crippen molar-refractivity contribution in [3.05, 3.63) is 41.4 Å². The largest absolute Gasteiger partial charge is 0.379 e. The average Bonchev–Trinajstić information content (AvgIpc) is 3.19. The van der Waals surface area contributed by atoms with E-state index in [1.807, 2.05) is 5.38 Å². The number of nitrogens with zero attached hydrogens (tertiary/aromatic N) is 4. The summed E-state index contributed by atoms with van der Waals surface area (Å²) in [5.74, 6) is -0.134. The van der Waals surface area contributed by atoms with Crippen molar-refractivity contribution >= 4 is 32.4 Å². The fourth-order valence-electron chi connectivity index (χ4n) is 3.59. The third-order valence-electron chi connectivity index (χ3n) is 5.16. The van der Waals surface area contributed by atoms with Crippen LogP contribution in [0.25, 0.3) is 0 Å². The van der Waals surface area contributed by atoms with E-state index in [0.29, 0.717) is 51.5 Å². The molecule has 1 aromatic carbocycles. The molecule has 0 radical (unpaired) electrons. The van der Waals surface area contributed by atoms with E-state index >= 15 is 0 Å². The van der Waals surface area contributed by atoms with E-state index < -0.39 is 10.0 Å². The molecular weight excluding hydrogens is 412 g/mol. The van der Waals surface area contributed by atoms with Gasteiger partial charge in [-0.25, -0.2) is 13.4 Å². The lowest BCUT2D eigenvalue weighted by atomic mass is 10.2. The number of anilines is 1. The Morgan fingerprint density at radius 1 is 1.07 bits per heavy atom. The van der Waals surface area contributed by atoms with Gasteiger partial charge in [0.1, 0.15) is 0 Å². The second kappa shape index (κ2) is 8.78. The van der Waals surface area contributed by atoms with Crippen molar-refractivity contribution in [1.82, 2.24) is 14.2 Å². The second-order valence-electron chi connectivity index (χ2n) is 6.99. The van der Waals surface area contributed by atoms with Gasteiger partial charge >= 0.3 is 0 Å². The number of benzene rings is 1. The molecule has 2 aromatic rings. The molecule has 0 N–H and O–H groups in total. The fraction of sp³-hybridized carbons (Fsp3) is 0.474. The van der Waals surface area contributed by atoms with Crippen LogP contribution in [-0.4, -0.2) is 81.0 Å². The Hall–Kier alpha value is -2.01. The van der Waals surface area contributed by atoms with Gasteiger partial charge in [-0.15, -0.1) is 11.3 Å². The molecule has 29 heavy (non-hydrogen) atoms. The average molecular weight is 437 g/mol.